The fraction of sp³-hybridized carbons (Fsp3) is 0.208. The molecule has 0 aromatic heterocycles. The van der Waals surface area contributed by atoms with Crippen molar-refractivity contribution in [2.75, 3.05) is 13.1 Å². The first-order valence-electron chi connectivity index (χ1n) is 10.1. The van der Waals surface area contributed by atoms with Crippen molar-refractivity contribution in [1.82, 2.24) is 9.62 Å². The molecule has 8 heteroatoms. The van der Waals surface area contributed by atoms with Crippen LogP contribution in [-0.4, -0.2) is 31.7 Å². The van der Waals surface area contributed by atoms with Crippen LogP contribution in [0.4, 0.5) is 4.39 Å². The van der Waals surface area contributed by atoms with Crippen molar-refractivity contribution in [3.05, 3.63) is 101 Å². The molecule has 3 rings (SSSR count). The van der Waals surface area contributed by atoms with Crippen molar-refractivity contribution >= 4 is 27.5 Å². The molecule has 0 heterocycles. The summed E-state index contributed by atoms with van der Waals surface area (Å²) in [7, 11) is -3.92. The lowest BCUT2D eigenvalue weighted by molar-refractivity contribution is -0.121. The van der Waals surface area contributed by atoms with Gasteiger partial charge in [0, 0.05) is 11.6 Å². The van der Waals surface area contributed by atoms with Gasteiger partial charge in [0.15, 0.2) is 0 Å². The Bertz CT molecular complexity index is 1140. The lowest BCUT2D eigenvalue weighted by Crippen LogP contribution is -2.42. The number of carbonyl (C=O) groups is 1. The predicted molar refractivity (Wildman–Crippen MR) is 123 cm³/mol. The molecule has 3 aromatic carbocycles. The van der Waals surface area contributed by atoms with E-state index in [2.05, 4.69) is 5.32 Å². The maximum Gasteiger partial charge on any atom is 0.243 e. The van der Waals surface area contributed by atoms with Crippen LogP contribution in [0.25, 0.3) is 0 Å². The molecule has 0 aliphatic heterocycles. The van der Waals surface area contributed by atoms with E-state index in [4.69, 9.17) is 11.6 Å². The number of rotatable bonds is 9. The first-order chi connectivity index (χ1) is 15.3. The number of hydrogen-bond donors (Lipinski definition) is 1. The fourth-order valence-electron chi connectivity index (χ4n) is 3.22. The molecule has 0 bridgehead atoms. The first-order valence-corrected chi connectivity index (χ1v) is 11.9. The number of hydrogen-bond acceptors (Lipinski definition) is 3. The van der Waals surface area contributed by atoms with Crippen molar-refractivity contribution in [3.8, 4) is 0 Å². The summed E-state index contributed by atoms with van der Waals surface area (Å²) in [5.74, 6) is -0.819. The SMILES string of the molecule is C[C@@H](NC(=O)CN(CCc1ccccc1)S(=O)(=O)c1ccc(Cl)cc1)c1ccc(F)cc1. The van der Waals surface area contributed by atoms with Crippen molar-refractivity contribution in [2.24, 2.45) is 0 Å². The average Bonchev–Trinajstić information content (AvgIpc) is 2.78. The van der Waals surface area contributed by atoms with E-state index >= 15 is 0 Å². The van der Waals surface area contributed by atoms with Crippen LogP contribution in [0.15, 0.2) is 83.8 Å². The Kier molecular flexibility index (Phi) is 8.01. The van der Waals surface area contributed by atoms with Crippen LogP contribution in [0.1, 0.15) is 24.1 Å². The third-order valence-electron chi connectivity index (χ3n) is 5.01. The van der Waals surface area contributed by atoms with Crippen molar-refractivity contribution in [1.29, 1.82) is 0 Å². The van der Waals surface area contributed by atoms with Gasteiger partial charge in [0.2, 0.25) is 15.9 Å². The van der Waals surface area contributed by atoms with E-state index in [9.17, 15) is 17.6 Å². The second kappa shape index (κ2) is 10.7. The summed E-state index contributed by atoms with van der Waals surface area (Å²) in [4.78, 5) is 12.8. The molecule has 0 spiro atoms. The van der Waals surface area contributed by atoms with Gasteiger partial charge < -0.3 is 5.32 Å². The molecule has 0 fully saturated rings. The highest BCUT2D eigenvalue weighted by Crippen LogP contribution is 2.20. The number of sulfonamides is 1. The Hall–Kier alpha value is -2.74. The molecule has 5 nitrogen and oxygen atoms in total. The van der Waals surface area contributed by atoms with Gasteiger partial charge in [0.1, 0.15) is 5.82 Å². The lowest BCUT2D eigenvalue weighted by atomic mass is 10.1. The molecule has 0 saturated carbocycles. The van der Waals surface area contributed by atoms with E-state index < -0.39 is 22.0 Å². The monoisotopic (exact) mass is 474 g/mol. The van der Waals surface area contributed by atoms with Gasteiger partial charge in [-0.3, -0.25) is 4.79 Å². The Morgan fingerprint density at radius 3 is 2.25 bits per heavy atom. The molecule has 1 atom stereocenters. The van der Waals surface area contributed by atoms with Gasteiger partial charge in [-0.1, -0.05) is 54.1 Å². The normalized spacial score (nSPS) is 12.5. The number of amides is 1. The molecular weight excluding hydrogens is 451 g/mol. The van der Waals surface area contributed by atoms with Gasteiger partial charge in [-0.05, 0) is 60.9 Å². The van der Waals surface area contributed by atoms with Gasteiger partial charge in [-0.2, -0.15) is 4.31 Å². The standard InChI is InChI=1S/C24H24ClFN2O3S/c1-18(20-7-11-22(26)12-8-20)27-24(29)17-28(16-15-19-5-3-2-4-6-19)32(30,31)23-13-9-21(25)10-14-23/h2-14,18H,15-17H2,1H3,(H,27,29)/t18-/m1/s1. The number of nitrogens with one attached hydrogen (secondary N) is 1. The molecule has 0 unspecified atom stereocenters. The van der Waals surface area contributed by atoms with Crippen LogP contribution in [0.2, 0.25) is 5.02 Å². The minimum atomic E-state index is -3.92. The molecule has 168 valence electrons. The van der Waals surface area contributed by atoms with Gasteiger partial charge in [-0.25, -0.2) is 12.8 Å². The minimum absolute atomic E-state index is 0.0642. The number of halogens is 2. The van der Waals surface area contributed by atoms with Crippen molar-refractivity contribution in [2.45, 2.75) is 24.3 Å². The third-order valence-corrected chi connectivity index (χ3v) is 7.12. The van der Waals surface area contributed by atoms with E-state index in [-0.39, 0.29) is 23.8 Å². The maximum absolute atomic E-state index is 13.3. The first kappa shape index (κ1) is 23.9. The number of benzene rings is 3. The molecule has 1 amide bonds. The highest BCUT2D eigenvalue weighted by Gasteiger charge is 2.27. The summed E-state index contributed by atoms with van der Waals surface area (Å²) in [5, 5.41) is 3.21. The van der Waals surface area contributed by atoms with Crippen LogP contribution in [0.5, 0.6) is 0 Å². The number of nitrogens with zero attached hydrogens (tertiary/aromatic N) is 1. The summed E-state index contributed by atoms with van der Waals surface area (Å²) >= 11 is 5.90. The highest BCUT2D eigenvalue weighted by molar-refractivity contribution is 7.89. The summed E-state index contributed by atoms with van der Waals surface area (Å²) in [6.45, 7) is 1.55. The molecule has 0 aliphatic carbocycles. The lowest BCUT2D eigenvalue weighted by Gasteiger charge is -2.23. The van der Waals surface area contributed by atoms with Crippen LogP contribution in [-0.2, 0) is 21.2 Å². The van der Waals surface area contributed by atoms with E-state index in [0.29, 0.717) is 11.4 Å². The van der Waals surface area contributed by atoms with Gasteiger partial charge in [0.05, 0.1) is 17.5 Å². The summed E-state index contributed by atoms with van der Waals surface area (Å²) in [6.07, 6.45) is 0.453. The second-order valence-corrected chi connectivity index (χ2v) is 9.74. The van der Waals surface area contributed by atoms with Gasteiger partial charge >= 0.3 is 0 Å². The zero-order valence-electron chi connectivity index (χ0n) is 17.5. The minimum Gasteiger partial charge on any atom is -0.348 e. The fourth-order valence-corrected chi connectivity index (χ4v) is 4.74. The third kappa shape index (κ3) is 6.38. The second-order valence-electron chi connectivity index (χ2n) is 7.37. The Labute approximate surface area is 192 Å². The molecular formula is C24H24ClFN2O3S. The van der Waals surface area contributed by atoms with Crippen LogP contribution in [0.3, 0.4) is 0 Å². The zero-order valence-corrected chi connectivity index (χ0v) is 19.1. The highest BCUT2D eigenvalue weighted by atomic mass is 35.5. The maximum atomic E-state index is 13.3. The zero-order chi connectivity index (χ0) is 23.1. The van der Waals surface area contributed by atoms with E-state index in [0.717, 1.165) is 15.4 Å². The average molecular weight is 475 g/mol. The van der Waals surface area contributed by atoms with Crippen LogP contribution >= 0.6 is 11.6 Å². The van der Waals surface area contributed by atoms with Crippen molar-refractivity contribution < 1.29 is 17.6 Å². The molecule has 32 heavy (non-hydrogen) atoms. The van der Waals surface area contributed by atoms with Crippen molar-refractivity contribution in [3.63, 3.8) is 0 Å². The topological polar surface area (TPSA) is 66.5 Å². The number of carbonyl (C=O) groups excluding carboxylic acids is 1. The largest absolute Gasteiger partial charge is 0.348 e. The van der Waals surface area contributed by atoms with Crippen LogP contribution in [0, 0.1) is 5.82 Å². The van der Waals surface area contributed by atoms with E-state index in [1.165, 1.54) is 36.4 Å². The Balaban J connectivity index is 1.77. The van der Waals surface area contributed by atoms with E-state index in [1.54, 1.807) is 19.1 Å². The molecule has 0 aliphatic rings. The molecule has 3 aromatic rings. The Morgan fingerprint density at radius 1 is 1.00 bits per heavy atom. The quantitative estimate of drug-likeness (QED) is 0.493. The Morgan fingerprint density at radius 2 is 1.62 bits per heavy atom. The summed E-state index contributed by atoms with van der Waals surface area (Å²) < 4.78 is 40.8. The molecule has 0 saturated heterocycles. The predicted octanol–water partition coefficient (Wildman–Crippen LogP) is 4.59. The van der Waals surface area contributed by atoms with Gasteiger partial charge in [-0.15, -0.1) is 0 Å². The van der Waals surface area contributed by atoms with Crippen LogP contribution < -0.4 is 5.32 Å². The molecule has 0 radical (unpaired) electrons. The van der Waals surface area contributed by atoms with E-state index in [1.807, 2.05) is 30.3 Å². The smallest absolute Gasteiger partial charge is 0.243 e. The molecule has 1 N–H and O–H groups in total. The summed E-state index contributed by atoms with van der Waals surface area (Å²) in [5.41, 5.74) is 1.68. The summed E-state index contributed by atoms with van der Waals surface area (Å²) in [6, 6.07) is 20.7. The van der Waals surface area contributed by atoms with Gasteiger partial charge in [0.25, 0.3) is 0 Å².